The van der Waals surface area contributed by atoms with Crippen molar-refractivity contribution in [3.63, 3.8) is 0 Å². The van der Waals surface area contributed by atoms with Gasteiger partial charge in [0.25, 0.3) is 5.91 Å². The van der Waals surface area contributed by atoms with Gasteiger partial charge >= 0.3 is 0 Å². The van der Waals surface area contributed by atoms with E-state index in [-0.39, 0.29) is 5.91 Å². The van der Waals surface area contributed by atoms with Crippen LogP contribution >= 0.6 is 0 Å². The first-order valence-electron chi connectivity index (χ1n) is 7.41. The van der Waals surface area contributed by atoms with Crippen LogP contribution in [0.2, 0.25) is 0 Å². The highest BCUT2D eigenvalue weighted by molar-refractivity contribution is 5.93. The molecule has 1 saturated carbocycles. The van der Waals surface area contributed by atoms with Crippen LogP contribution in [0, 0.1) is 5.92 Å². The largest absolute Gasteiger partial charge is 0.381 e. The lowest BCUT2D eigenvalue weighted by Gasteiger charge is -2.20. The van der Waals surface area contributed by atoms with Crippen molar-refractivity contribution in [3.05, 3.63) is 24.0 Å². The molecule has 2 rings (SSSR count). The van der Waals surface area contributed by atoms with Gasteiger partial charge in [-0.15, -0.1) is 0 Å². The summed E-state index contributed by atoms with van der Waals surface area (Å²) in [7, 11) is 0. The minimum atomic E-state index is -0.0191. The zero-order chi connectivity index (χ0) is 14.5. The maximum Gasteiger partial charge on any atom is 0.272 e. The lowest BCUT2D eigenvalue weighted by Crippen LogP contribution is -2.32. The van der Waals surface area contributed by atoms with E-state index in [1.54, 1.807) is 11.1 Å². The standard InChI is InChI=1S/C15H24N4O/c1-3-19(4-2)15(20)13-9-12(7-8-17-13)18-14(10-16)11-5-6-11/h7-9,11,14H,3-6,10,16H2,1-2H3,(H,17,18). The van der Waals surface area contributed by atoms with Crippen LogP contribution < -0.4 is 11.1 Å². The number of anilines is 1. The SMILES string of the molecule is CCN(CC)C(=O)c1cc(NC(CN)C2CC2)ccn1. The molecule has 1 aromatic rings. The molecular formula is C15H24N4O. The number of nitrogens with two attached hydrogens (primary N) is 1. The lowest BCUT2D eigenvalue weighted by molar-refractivity contribution is 0.0767. The number of rotatable bonds is 7. The third kappa shape index (κ3) is 3.48. The summed E-state index contributed by atoms with van der Waals surface area (Å²) in [6, 6.07) is 4.02. The molecule has 0 saturated heterocycles. The second-order valence-corrected chi connectivity index (χ2v) is 5.23. The van der Waals surface area contributed by atoms with Gasteiger partial charge in [0.15, 0.2) is 0 Å². The number of hydrogen-bond donors (Lipinski definition) is 2. The highest BCUT2D eigenvalue weighted by Gasteiger charge is 2.30. The van der Waals surface area contributed by atoms with Gasteiger partial charge in [0, 0.05) is 37.6 Å². The fourth-order valence-corrected chi connectivity index (χ4v) is 2.39. The van der Waals surface area contributed by atoms with Crippen LogP contribution in [0.4, 0.5) is 5.69 Å². The second-order valence-electron chi connectivity index (χ2n) is 5.23. The number of nitrogens with zero attached hydrogens (tertiary/aromatic N) is 2. The van der Waals surface area contributed by atoms with Crippen molar-refractivity contribution in [1.82, 2.24) is 9.88 Å². The highest BCUT2D eigenvalue weighted by Crippen LogP contribution is 2.33. The van der Waals surface area contributed by atoms with Gasteiger partial charge < -0.3 is 16.0 Å². The zero-order valence-corrected chi connectivity index (χ0v) is 12.3. The summed E-state index contributed by atoms with van der Waals surface area (Å²) in [5, 5.41) is 3.43. The number of amides is 1. The van der Waals surface area contributed by atoms with E-state index in [1.165, 1.54) is 12.8 Å². The predicted octanol–water partition coefficient (Wildman–Crippen LogP) is 1.71. The summed E-state index contributed by atoms with van der Waals surface area (Å²) in [4.78, 5) is 18.2. The Labute approximate surface area is 120 Å². The van der Waals surface area contributed by atoms with Gasteiger partial charge in [0.2, 0.25) is 0 Å². The third-order valence-corrected chi connectivity index (χ3v) is 3.83. The molecule has 0 aromatic carbocycles. The normalized spacial score (nSPS) is 15.8. The molecule has 1 aromatic heterocycles. The van der Waals surface area contributed by atoms with Gasteiger partial charge in [-0.05, 0) is 44.7 Å². The van der Waals surface area contributed by atoms with Gasteiger partial charge in [-0.25, -0.2) is 0 Å². The van der Waals surface area contributed by atoms with E-state index in [1.807, 2.05) is 26.0 Å². The minimum Gasteiger partial charge on any atom is -0.381 e. The number of carbonyl (C=O) groups is 1. The molecule has 1 atom stereocenters. The summed E-state index contributed by atoms with van der Waals surface area (Å²) >= 11 is 0. The number of pyridine rings is 1. The second kappa shape index (κ2) is 6.70. The molecule has 1 amide bonds. The fraction of sp³-hybridized carbons (Fsp3) is 0.600. The average molecular weight is 276 g/mol. The van der Waals surface area contributed by atoms with Crippen molar-refractivity contribution in [3.8, 4) is 0 Å². The van der Waals surface area contributed by atoms with Gasteiger partial charge in [0.1, 0.15) is 5.69 Å². The quantitative estimate of drug-likeness (QED) is 0.795. The molecule has 0 bridgehead atoms. The molecule has 1 heterocycles. The van der Waals surface area contributed by atoms with Crippen LogP contribution in [0.3, 0.4) is 0 Å². The first-order valence-corrected chi connectivity index (χ1v) is 7.41. The molecular weight excluding hydrogens is 252 g/mol. The van der Waals surface area contributed by atoms with E-state index in [0.717, 1.165) is 5.69 Å². The maximum atomic E-state index is 12.3. The predicted molar refractivity (Wildman–Crippen MR) is 80.7 cm³/mol. The Morgan fingerprint density at radius 2 is 2.20 bits per heavy atom. The number of hydrogen-bond acceptors (Lipinski definition) is 4. The van der Waals surface area contributed by atoms with Crippen molar-refractivity contribution < 1.29 is 4.79 Å². The van der Waals surface area contributed by atoms with E-state index < -0.39 is 0 Å². The Hall–Kier alpha value is -1.62. The number of aromatic nitrogens is 1. The van der Waals surface area contributed by atoms with Crippen molar-refractivity contribution in [2.75, 3.05) is 25.0 Å². The molecule has 3 N–H and O–H groups in total. The maximum absolute atomic E-state index is 12.3. The molecule has 20 heavy (non-hydrogen) atoms. The molecule has 0 radical (unpaired) electrons. The first-order chi connectivity index (χ1) is 9.69. The lowest BCUT2D eigenvalue weighted by atomic mass is 10.1. The summed E-state index contributed by atoms with van der Waals surface area (Å²) in [6.45, 7) is 5.96. The van der Waals surface area contributed by atoms with E-state index in [2.05, 4.69) is 10.3 Å². The molecule has 0 aliphatic heterocycles. The molecule has 5 heteroatoms. The van der Waals surface area contributed by atoms with E-state index >= 15 is 0 Å². The summed E-state index contributed by atoms with van der Waals surface area (Å²) in [6.07, 6.45) is 4.16. The molecule has 110 valence electrons. The van der Waals surface area contributed by atoms with Gasteiger partial charge in [-0.3, -0.25) is 9.78 Å². The molecule has 1 unspecified atom stereocenters. The average Bonchev–Trinajstić information content (AvgIpc) is 3.31. The van der Waals surface area contributed by atoms with Crippen LogP contribution in [0.25, 0.3) is 0 Å². The highest BCUT2D eigenvalue weighted by atomic mass is 16.2. The number of carbonyl (C=O) groups excluding carboxylic acids is 1. The van der Waals surface area contributed by atoms with E-state index in [4.69, 9.17) is 5.73 Å². The van der Waals surface area contributed by atoms with Crippen LogP contribution in [-0.4, -0.2) is 41.5 Å². The van der Waals surface area contributed by atoms with E-state index in [9.17, 15) is 4.79 Å². The molecule has 5 nitrogen and oxygen atoms in total. The zero-order valence-electron chi connectivity index (χ0n) is 12.3. The Bertz CT molecular complexity index is 455. The number of nitrogens with one attached hydrogen (secondary N) is 1. The van der Waals surface area contributed by atoms with Crippen LogP contribution in [-0.2, 0) is 0 Å². The summed E-state index contributed by atoms with van der Waals surface area (Å²) in [5.41, 5.74) is 7.22. The summed E-state index contributed by atoms with van der Waals surface area (Å²) in [5.74, 6) is 0.657. The van der Waals surface area contributed by atoms with Gasteiger partial charge in [-0.1, -0.05) is 0 Å². The van der Waals surface area contributed by atoms with Crippen molar-refractivity contribution in [1.29, 1.82) is 0 Å². The van der Waals surface area contributed by atoms with Crippen LogP contribution in [0.5, 0.6) is 0 Å². The smallest absolute Gasteiger partial charge is 0.272 e. The van der Waals surface area contributed by atoms with Crippen molar-refractivity contribution in [2.45, 2.75) is 32.7 Å². The first kappa shape index (κ1) is 14.8. The molecule has 1 aliphatic carbocycles. The van der Waals surface area contributed by atoms with Gasteiger partial charge in [0.05, 0.1) is 0 Å². The Morgan fingerprint density at radius 1 is 1.50 bits per heavy atom. The van der Waals surface area contributed by atoms with E-state index in [0.29, 0.717) is 37.3 Å². The minimum absolute atomic E-state index is 0.0191. The topological polar surface area (TPSA) is 71.2 Å². The third-order valence-electron chi connectivity index (χ3n) is 3.83. The fourth-order valence-electron chi connectivity index (χ4n) is 2.39. The Kier molecular flexibility index (Phi) is 4.95. The monoisotopic (exact) mass is 276 g/mol. The van der Waals surface area contributed by atoms with Crippen LogP contribution in [0.1, 0.15) is 37.2 Å². The Morgan fingerprint density at radius 3 is 2.75 bits per heavy atom. The van der Waals surface area contributed by atoms with Gasteiger partial charge in [-0.2, -0.15) is 0 Å². The molecule has 0 spiro atoms. The van der Waals surface area contributed by atoms with Crippen LogP contribution in [0.15, 0.2) is 18.3 Å². The van der Waals surface area contributed by atoms with Crippen molar-refractivity contribution in [2.24, 2.45) is 11.7 Å². The summed E-state index contributed by atoms with van der Waals surface area (Å²) < 4.78 is 0. The molecule has 1 fully saturated rings. The molecule has 1 aliphatic rings. The Balaban J connectivity index is 2.08. The van der Waals surface area contributed by atoms with Crippen molar-refractivity contribution >= 4 is 11.6 Å².